The molecule has 0 heterocycles. The summed E-state index contributed by atoms with van der Waals surface area (Å²) in [7, 11) is 0. The summed E-state index contributed by atoms with van der Waals surface area (Å²) in [5.74, 6) is 0.295. The molecule has 0 amide bonds. The summed E-state index contributed by atoms with van der Waals surface area (Å²) >= 11 is 5.24. The number of nitrogens with one attached hydrogen (secondary N) is 2. The first kappa shape index (κ1) is 15.4. The fraction of sp³-hybridized carbons (Fsp3) is 0.235. The third kappa shape index (κ3) is 4.53. The van der Waals surface area contributed by atoms with Crippen LogP contribution < -0.4 is 10.6 Å². The summed E-state index contributed by atoms with van der Waals surface area (Å²) in [6.07, 6.45) is 1.12. The largest absolute Gasteiger partial charge is 0.332 e. The monoisotopic (exact) mass is 302 g/mol. The van der Waals surface area contributed by atoms with E-state index < -0.39 is 0 Å². The van der Waals surface area contributed by atoms with Gasteiger partial charge in [0.1, 0.15) is 5.82 Å². The Kier molecular flexibility index (Phi) is 5.28. The van der Waals surface area contributed by atoms with Gasteiger partial charge >= 0.3 is 0 Å². The molecule has 0 aromatic heterocycles. The van der Waals surface area contributed by atoms with Crippen molar-refractivity contribution in [3.63, 3.8) is 0 Å². The summed E-state index contributed by atoms with van der Waals surface area (Å²) in [6.45, 7) is 4.39. The van der Waals surface area contributed by atoms with Gasteiger partial charge in [0, 0.05) is 11.4 Å². The van der Waals surface area contributed by atoms with Crippen LogP contribution in [-0.4, -0.2) is 5.11 Å². The summed E-state index contributed by atoms with van der Waals surface area (Å²) in [4.78, 5) is 0. The zero-order valence-electron chi connectivity index (χ0n) is 12.2. The second-order valence-corrected chi connectivity index (χ2v) is 5.43. The van der Waals surface area contributed by atoms with Crippen molar-refractivity contribution in [1.82, 2.24) is 0 Å². The van der Waals surface area contributed by atoms with Crippen LogP contribution in [0.25, 0.3) is 0 Å². The molecule has 2 aromatic carbocycles. The van der Waals surface area contributed by atoms with Crippen molar-refractivity contribution in [2.24, 2.45) is 0 Å². The van der Waals surface area contributed by atoms with Crippen molar-refractivity contribution in [2.75, 3.05) is 10.6 Å². The maximum absolute atomic E-state index is 12.8. The molecule has 0 spiro atoms. The van der Waals surface area contributed by atoms with E-state index in [1.807, 2.05) is 12.1 Å². The molecule has 2 N–H and O–H groups in total. The first-order chi connectivity index (χ1) is 10.1. The third-order valence-corrected chi connectivity index (χ3v) is 3.66. The topological polar surface area (TPSA) is 24.1 Å². The van der Waals surface area contributed by atoms with Gasteiger partial charge in [-0.25, -0.2) is 4.39 Å². The average molecular weight is 302 g/mol. The normalized spacial score (nSPS) is 11.8. The fourth-order valence-corrected chi connectivity index (χ4v) is 2.19. The van der Waals surface area contributed by atoms with Crippen LogP contribution in [0.3, 0.4) is 0 Å². The highest BCUT2D eigenvalue weighted by molar-refractivity contribution is 7.80. The average Bonchev–Trinajstić information content (AvgIpc) is 2.49. The van der Waals surface area contributed by atoms with Gasteiger partial charge < -0.3 is 10.6 Å². The van der Waals surface area contributed by atoms with Gasteiger partial charge in [0.25, 0.3) is 0 Å². The number of hydrogen-bond donors (Lipinski definition) is 2. The Labute approximate surface area is 130 Å². The van der Waals surface area contributed by atoms with Gasteiger partial charge in [0.15, 0.2) is 5.11 Å². The zero-order chi connectivity index (χ0) is 15.2. The minimum Gasteiger partial charge on any atom is -0.332 e. The molecular formula is C17H19FN2S. The van der Waals surface area contributed by atoms with Crippen LogP contribution in [0.2, 0.25) is 0 Å². The molecule has 0 radical (unpaired) electrons. The van der Waals surface area contributed by atoms with Crippen molar-refractivity contribution in [3.05, 3.63) is 59.9 Å². The second-order valence-electron chi connectivity index (χ2n) is 5.02. The van der Waals surface area contributed by atoms with Crippen LogP contribution in [0.15, 0.2) is 48.5 Å². The van der Waals surface area contributed by atoms with Crippen LogP contribution in [0.4, 0.5) is 15.8 Å². The highest BCUT2D eigenvalue weighted by Gasteiger charge is 2.03. The number of anilines is 2. The van der Waals surface area contributed by atoms with E-state index in [9.17, 15) is 4.39 Å². The van der Waals surface area contributed by atoms with Crippen molar-refractivity contribution in [3.8, 4) is 0 Å². The predicted molar refractivity (Wildman–Crippen MR) is 91.4 cm³/mol. The highest BCUT2D eigenvalue weighted by Crippen LogP contribution is 2.20. The third-order valence-electron chi connectivity index (χ3n) is 3.45. The van der Waals surface area contributed by atoms with E-state index in [4.69, 9.17) is 12.2 Å². The Balaban J connectivity index is 1.94. The number of benzene rings is 2. The molecule has 0 aliphatic rings. The number of thiocarbonyl (C=S) groups is 1. The summed E-state index contributed by atoms with van der Waals surface area (Å²) in [6, 6.07) is 14.3. The Morgan fingerprint density at radius 2 is 1.48 bits per heavy atom. The Morgan fingerprint density at radius 3 is 1.95 bits per heavy atom. The molecular weight excluding hydrogens is 283 g/mol. The van der Waals surface area contributed by atoms with Crippen LogP contribution >= 0.6 is 12.2 Å². The maximum Gasteiger partial charge on any atom is 0.175 e. The Morgan fingerprint density at radius 1 is 1.00 bits per heavy atom. The number of hydrogen-bond acceptors (Lipinski definition) is 1. The molecule has 2 aromatic rings. The molecule has 110 valence electrons. The minimum atomic E-state index is -0.264. The lowest BCUT2D eigenvalue weighted by Crippen LogP contribution is -2.19. The molecule has 0 fully saturated rings. The van der Waals surface area contributed by atoms with Gasteiger partial charge in [0.05, 0.1) is 0 Å². The molecule has 0 aliphatic heterocycles. The lowest BCUT2D eigenvalue weighted by atomic mass is 9.99. The van der Waals surface area contributed by atoms with Crippen molar-refractivity contribution < 1.29 is 4.39 Å². The molecule has 4 heteroatoms. The smallest absolute Gasteiger partial charge is 0.175 e. The summed E-state index contributed by atoms with van der Waals surface area (Å²) in [5, 5.41) is 6.62. The van der Waals surface area contributed by atoms with Gasteiger partial charge in [0.2, 0.25) is 0 Å². The van der Waals surface area contributed by atoms with Crippen LogP contribution in [0.5, 0.6) is 0 Å². The molecule has 2 rings (SSSR count). The molecule has 0 aliphatic carbocycles. The predicted octanol–water partition coefficient (Wildman–Crippen LogP) is 5.15. The standard InChI is InChI=1S/C17H19FN2S/c1-3-12(2)13-4-8-15(9-5-13)19-17(21)20-16-10-6-14(18)7-11-16/h4-12H,3H2,1-2H3,(H2,19,20,21). The van der Waals surface area contributed by atoms with Crippen LogP contribution in [0, 0.1) is 5.82 Å². The second kappa shape index (κ2) is 7.18. The van der Waals surface area contributed by atoms with Gasteiger partial charge in [-0.2, -0.15) is 0 Å². The molecule has 0 bridgehead atoms. The van der Waals surface area contributed by atoms with E-state index in [-0.39, 0.29) is 5.82 Å². The van der Waals surface area contributed by atoms with E-state index in [1.165, 1.54) is 17.7 Å². The number of halogens is 1. The summed E-state index contributed by atoms with van der Waals surface area (Å²) in [5.41, 5.74) is 3.01. The van der Waals surface area contributed by atoms with Gasteiger partial charge in [-0.3, -0.25) is 0 Å². The quantitative estimate of drug-likeness (QED) is 0.764. The van der Waals surface area contributed by atoms with E-state index in [0.29, 0.717) is 11.0 Å². The van der Waals surface area contributed by atoms with E-state index in [2.05, 4.69) is 36.6 Å². The first-order valence-corrected chi connectivity index (χ1v) is 7.43. The number of rotatable bonds is 4. The zero-order valence-corrected chi connectivity index (χ0v) is 13.0. The van der Waals surface area contributed by atoms with Crippen LogP contribution in [-0.2, 0) is 0 Å². The lowest BCUT2D eigenvalue weighted by Gasteiger charge is -2.13. The molecule has 1 unspecified atom stereocenters. The van der Waals surface area contributed by atoms with Crippen LogP contribution in [0.1, 0.15) is 31.7 Å². The van der Waals surface area contributed by atoms with Crippen molar-refractivity contribution >= 4 is 28.7 Å². The van der Waals surface area contributed by atoms with E-state index >= 15 is 0 Å². The van der Waals surface area contributed by atoms with E-state index in [1.54, 1.807) is 12.1 Å². The van der Waals surface area contributed by atoms with Crippen molar-refractivity contribution in [1.29, 1.82) is 0 Å². The molecule has 0 saturated heterocycles. The SMILES string of the molecule is CCC(C)c1ccc(NC(=S)Nc2ccc(F)cc2)cc1. The highest BCUT2D eigenvalue weighted by atomic mass is 32.1. The molecule has 21 heavy (non-hydrogen) atoms. The first-order valence-electron chi connectivity index (χ1n) is 7.02. The van der Waals surface area contributed by atoms with Crippen molar-refractivity contribution in [2.45, 2.75) is 26.2 Å². The Bertz CT molecular complexity index is 593. The lowest BCUT2D eigenvalue weighted by molar-refractivity contribution is 0.628. The Hall–Kier alpha value is -1.94. The summed E-state index contributed by atoms with van der Waals surface area (Å²) < 4.78 is 12.8. The molecule has 1 atom stereocenters. The molecule has 2 nitrogen and oxygen atoms in total. The maximum atomic E-state index is 12.8. The minimum absolute atomic E-state index is 0.264. The van der Waals surface area contributed by atoms with E-state index in [0.717, 1.165) is 17.8 Å². The van der Waals surface area contributed by atoms with Gasteiger partial charge in [-0.1, -0.05) is 26.0 Å². The van der Waals surface area contributed by atoms with Gasteiger partial charge in [-0.05, 0) is 66.5 Å². The van der Waals surface area contributed by atoms with Gasteiger partial charge in [-0.15, -0.1) is 0 Å². The molecule has 0 saturated carbocycles. The fourth-order valence-electron chi connectivity index (χ4n) is 1.96.